The van der Waals surface area contributed by atoms with Crippen LogP contribution >= 0.6 is 15.9 Å². The van der Waals surface area contributed by atoms with E-state index in [1.54, 1.807) is 0 Å². The molecule has 0 fully saturated rings. The van der Waals surface area contributed by atoms with Crippen LogP contribution in [0.5, 0.6) is 0 Å². The van der Waals surface area contributed by atoms with Crippen molar-refractivity contribution in [3.05, 3.63) is 64.4 Å². The average molecular weight is 301 g/mol. The number of hydrogen-bond acceptors (Lipinski definition) is 1. The number of nitrogens with one attached hydrogen (secondary N) is 1. The lowest BCUT2D eigenvalue weighted by molar-refractivity contribution is 0.845. The van der Waals surface area contributed by atoms with E-state index in [0.717, 1.165) is 21.3 Å². The van der Waals surface area contributed by atoms with Gasteiger partial charge in [-0.1, -0.05) is 53.2 Å². The predicted molar refractivity (Wildman–Crippen MR) is 77.8 cm³/mol. The van der Waals surface area contributed by atoms with E-state index in [1.807, 2.05) is 18.2 Å². The van der Waals surface area contributed by atoms with E-state index in [4.69, 9.17) is 0 Å². The molecule has 0 saturated heterocycles. The SMILES string of the molecule is CC(c1ccccc1)c1nc2ccc(Br)cc2[nH]1. The molecule has 1 N–H and O–H groups in total. The highest BCUT2D eigenvalue weighted by atomic mass is 79.9. The van der Waals surface area contributed by atoms with Crippen LogP contribution < -0.4 is 0 Å². The van der Waals surface area contributed by atoms with Crippen LogP contribution in [0, 0.1) is 0 Å². The number of hydrogen-bond donors (Lipinski definition) is 1. The van der Waals surface area contributed by atoms with Crippen molar-refractivity contribution in [2.45, 2.75) is 12.8 Å². The zero-order valence-electron chi connectivity index (χ0n) is 10.0. The van der Waals surface area contributed by atoms with Gasteiger partial charge in [-0.05, 0) is 23.8 Å². The van der Waals surface area contributed by atoms with Crippen molar-refractivity contribution in [2.24, 2.45) is 0 Å². The maximum atomic E-state index is 4.65. The summed E-state index contributed by atoms with van der Waals surface area (Å²) < 4.78 is 1.07. The summed E-state index contributed by atoms with van der Waals surface area (Å²) in [6, 6.07) is 16.5. The first-order valence-corrected chi connectivity index (χ1v) is 6.73. The molecule has 3 aromatic rings. The molecule has 0 aliphatic heterocycles. The molecule has 90 valence electrons. The molecule has 0 bridgehead atoms. The number of fused-ring (bicyclic) bond motifs is 1. The fraction of sp³-hybridized carbons (Fsp3) is 0.133. The van der Waals surface area contributed by atoms with Crippen LogP contribution in [0.4, 0.5) is 0 Å². The summed E-state index contributed by atoms with van der Waals surface area (Å²) in [5.74, 6) is 1.28. The second-order valence-electron chi connectivity index (χ2n) is 4.42. The third-order valence-electron chi connectivity index (χ3n) is 3.17. The number of rotatable bonds is 2. The van der Waals surface area contributed by atoms with Crippen molar-refractivity contribution in [1.82, 2.24) is 9.97 Å². The summed E-state index contributed by atoms with van der Waals surface area (Å²) in [5, 5.41) is 0. The van der Waals surface area contributed by atoms with Crippen LogP contribution in [0.15, 0.2) is 53.0 Å². The number of aromatic amines is 1. The van der Waals surface area contributed by atoms with Crippen LogP contribution in [0.3, 0.4) is 0 Å². The van der Waals surface area contributed by atoms with Gasteiger partial charge in [0.2, 0.25) is 0 Å². The molecule has 0 spiro atoms. The van der Waals surface area contributed by atoms with E-state index in [1.165, 1.54) is 5.56 Å². The Hall–Kier alpha value is -1.61. The van der Waals surface area contributed by atoms with Gasteiger partial charge in [0.1, 0.15) is 5.82 Å². The minimum Gasteiger partial charge on any atom is -0.341 e. The lowest BCUT2D eigenvalue weighted by Crippen LogP contribution is -1.97. The van der Waals surface area contributed by atoms with Gasteiger partial charge in [0.15, 0.2) is 0 Å². The fourth-order valence-corrected chi connectivity index (χ4v) is 2.47. The molecule has 0 radical (unpaired) electrons. The van der Waals surface area contributed by atoms with E-state index >= 15 is 0 Å². The Morgan fingerprint density at radius 3 is 2.67 bits per heavy atom. The first-order valence-electron chi connectivity index (χ1n) is 5.94. The summed E-state index contributed by atoms with van der Waals surface area (Å²) in [4.78, 5) is 8.05. The Balaban J connectivity index is 2.04. The summed E-state index contributed by atoms with van der Waals surface area (Å²) in [7, 11) is 0. The number of nitrogens with zero attached hydrogens (tertiary/aromatic N) is 1. The van der Waals surface area contributed by atoms with Gasteiger partial charge in [0, 0.05) is 10.4 Å². The summed E-state index contributed by atoms with van der Waals surface area (Å²) in [6.45, 7) is 2.17. The minimum absolute atomic E-state index is 0.275. The molecule has 1 heterocycles. The topological polar surface area (TPSA) is 28.7 Å². The summed E-state index contributed by atoms with van der Waals surface area (Å²) in [6.07, 6.45) is 0. The van der Waals surface area contributed by atoms with Gasteiger partial charge in [0.05, 0.1) is 11.0 Å². The van der Waals surface area contributed by atoms with Crippen LogP contribution in [0.2, 0.25) is 0 Å². The maximum absolute atomic E-state index is 4.65. The molecule has 0 aliphatic carbocycles. The predicted octanol–water partition coefficient (Wildman–Crippen LogP) is 4.48. The molecule has 1 unspecified atom stereocenters. The number of halogens is 1. The first kappa shape index (κ1) is 11.5. The lowest BCUT2D eigenvalue weighted by Gasteiger charge is -2.07. The quantitative estimate of drug-likeness (QED) is 0.743. The summed E-state index contributed by atoms with van der Waals surface area (Å²) in [5.41, 5.74) is 3.36. The highest BCUT2D eigenvalue weighted by Gasteiger charge is 2.12. The molecule has 0 amide bonds. The lowest BCUT2D eigenvalue weighted by atomic mass is 10.0. The number of benzene rings is 2. The van der Waals surface area contributed by atoms with Gasteiger partial charge in [0.25, 0.3) is 0 Å². The number of H-pyrrole nitrogens is 1. The van der Waals surface area contributed by atoms with Gasteiger partial charge in [-0.15, -0.1) is 0 Å². The molecule has 18 heavy (non-hydrogen) atoms. The Labute approximate surface area is 114 Å². The van der Waals surface area contributed by atoms with Crippen LogP contribution in [-0.4, -0.2) is 9.97 Å². The molecule has 0 saturated carbocycles. The third kappa shape index (κ3) is 2.06. The van der Waals surface area contributed by atoms with Gasteiger partial charge in [-0.3, -0.25) is 0 Å². The Morgan fingerprint density at radius 2 is 1.89 bits per heavy atom. The van der Waals surface area contributed by atoms with Gasteiger partial charge >= 0.3 is 0 Å². The minimum atomic E-state index is 0.275. The molecular weight excluding hydrogens is 288 g/mol. The second kappa shape index (κ2) is 4.58. The van der Waals surface area contributed by atoms with Crippen molar-refractivity contribution >= 4 is 27.0 Å². The zero-order chi connectivity index (χ0) is 12.5. The second-order valence-corrected chi connectivity index (χ2v) is 5.33. The van der Waals surface area contributed by atoms with Gasteiger partial charge < -0.3 is 4.98 Å². The molecular formula is C15H13BrN2. The molecule has 3 rings (SSSR count). The van der Waals surface area contributed by atoms with E-state index in [0.29, 0.717) is 0 Å². The van der Waals surface area contributed by atoms with Gasteiger partial charge in [-0.2, -0.15) is 0 Å². The smallest absolute Gasteiger partial charge is 0.114 e. The monoisotopic (exact) mass is 300 g/mol. The number of aromatic nitrogens is 2. The molecule has 2 nitrogen and oxygen atoms in total. The molecule has 1 aromatic heterocycles. The van der Waals surface area contributed by atoms with Crippen molar-refractivity contribution in [1.29, 1.82) is 0 Å². The highest BCUT2D eigenvalue weighted by Crippen LogP contribution is 2.25. The van der Waals surface area contributed by atoms with E-state index < -0.39 is 0 Å². The molecule has 0 aliphatic rings. The maximum Gasteiger partial charge on any atom is 0.114 e. The third-order valence-corrected chi connectivity index (χ3v) is 3.67. The van der Waals surface area contributed by atoms with Crippen molar-refractivity contribution in [3.8, 4) is 0 Å². The van der Waals surface area contributed by atoms with E-state index in [2.05, 4.69) is 63.2 Å². The van der Waals surface area contributed by atoms with Crippen LogP contribution in [-0.2, 0) is 0 Å². The summed E-state index contributed by atoms with van der Waals surface area (Å²) >= 11 is 3.48. The van der Waals surface area contributed by atoms with E-state index in [9.17, 15) is 0 Å². The molecule has 1 atom stereocenters. The molecule has 2 aromatic carbocycles. The van der Waals surface area contributed by atoms with Crippen molar-refractivity contribution in [2.75, 3.05) is 0 Å². The average Bonchev–Trinajstić information content (AvgIpc) is 2.81. The van der Waals surface area contributed by atoms with Crippen molar-refractivity contribution in [3.63, 3.8) is 0 Å². The Bertz CT molecular complexity index is 673. The van der Waals surface area contributed by atoms with Crippen molar-refractivity contribution < 1.29 is 0 Å². The fourth-order valence-electron chi connectivity index (χ4n) is 2.11. The first-order chi connectivity index (χ1) is 8.74. The molecule has 3 heteroatoms. The Morgan fingerprint density at radius 1 is 1.11 bits per heavy atom. The zero-order valence-corrected chi connectivity index (χ0v) is 11.6. The number of imidazole rings is 1. The highest BCUT2D eigenvalue weighted by molar-refractivity contribution is 9.10. The standard InChI is InChI=1S/C15H13BrN2/c1-10(11-5-3-2-4-6-11)15-17-13-8-7-12(16)9-14(13)18-15/h2-10H,1H3,(H,17,18). The Kier molecular flexibility index (Phi) is 2.92. The van der Waals surface area contributed by atoms with Gasteiger partial charge in [-0.25, -0.2) is 4.98 Å². The van der Waals surface area contributed by atoms with Crippen LogP contribution in [0.1, 0.15) is 24.2 Å². The normalized spacial score (nSPS) is 12.8. The van der Waals surface area contributed by atoms with Crippen LogP contribution in [0.25, 0.3) is 11.0 Å². The van der Waals surface area contributed by atoms with E-state index in [-0.39, 0.29) is 5.92 Å². The largest absolute Gasteiger partial charge is 0.341 e.